The van der Waals surface area contributed by atoms with Gasteiger partial charge in [-0.25, -0.2) is 0 Å². The molecule has 14 rings (SSSR count). The summed E-state index contributed by atoms with van der Waals surface area (Å²) < 4.78 is 13.7. The molecule has 4 heteroatoms. The number of furan rings is 1. The van der Waals surface area contributed by atoms with Crippen molar-refractivity contribution in [1.82, 2.24) is 13.7 Å². The van der Waals surface area contributed by atoms with Gasteiger partial charge in [0.05, 0.1) is 33.1 Å². The molecule has 0 amide bonds. The first-order chi connectivity index (χ1) is 31.7. The fourth-order valence-electron chi connectivity index (χ4n) is 10.5. The van der Waals surface area contributed by atoms with Gasteiger partial charge in [0.1, 0.15) is 11.2 Å². The smallest absolute Gasteiger partial charge is 0.135 e. The molecule has 298 valence electrons. The Hall–Kier alpha value is -8.60. The van der Waals surface area contributed by atoms with Gasteiger partial charge in [-0.15, -0.1) is 0 Å². The van der Waals surface area contributed by atoms with Crippen LogP contribution < -0.4 is 0 Å². The van der Waals surface area contributed by atoms with Crippen molar-refractivity contribution in [2.75, 3.05) is 0 Å². The highest BCUT2D eigenvalue weighted by Crippen LogP contribution is 2.41. The highest BCUT2D eigenvalue weighted by Gasteiger charge is 2.19. The van der Waals surface area contributed by atoms with Crippen LogP contribution in [-0.2, 0) is 0 Å². The van der Waals surface area contributed by atoms with Gasteiger partial charge in [-0.05, 0) is 119 Å². The zero-order valence-electron chi connectivity index (χ0n) is 34.6. The first kappa shape index (κ1) is 35.0. The molecule has 0 aliphatic carbocycles. The first-order valence-electron chi connectivity index (χ1n) is 21.9. The van der Waals surface area contributed by atoms with Crippen LogP contribution in [0.5, 0.6) is 0 Å². The number of aromatic nitrogens is 3. The van der Waals surface area contributed by atoms with Gasteiger partial charge in [0.25, 0.3) is 0 Å². The van der Waals surface area contributed by atoms with Gasteiger partial charge in [0.15, 0.2) is 0 Å². The predicted molar refractivity (Wildman–Crippen MR) is 268 cm³/mol. The average Bonchev–Trinajstić information content (AvgIpc) is 4.10. The third-order valence-electron chi connectivity index (χ3n) is 13.4. The maximum absolute atomic E-state index is 6.54. The Morgan fingerprint density at radius 3 is 1.09 bits per heavy atom. The molecule has 0 saturated heterocycles. The summed E-state index contributed by atoms with van der Waals surface area (Å²) in [5.74, 6) is 0. The summed E-state index contributed by atoms with van der Waals surface area (Å²) in [5.41, 5.74) is 17.0. The van der Waals surface area contributed by atoms with Crippen LogP contribution in [0.25, 0.3) is 127 Å². The quantitative estimate of drug-likeness (QED) is 0.170. The van der Waals surface area contributed by atoms with Crippen LogP contribution in [0.15, 0.2) is 229 Å². The summed E-state index contributed by atoms with van der Waals surface area (Å²) in [5, 5.41) is 9.62. The second-order valence-electron chi connectivity index (χ2n) is 16.9. The Balaban J connectivity index is 0.901. The van der Waals surface area contributed by atoms with Crippen LogP contribution in [0.2, 0.25) is 0 Å². The van der Waals surface area contributed by atoms with Crippen molar-refractivity contribution >= 4 is 87.4 Å². The van der Waals surface area contributed by atoms with Crippen LogP contribution in [0.1, 0.15) is 0 Å². The lowest BCUT2D eigenvalue weighted by Crippen LogP contribution is -1.95. The topological polar surface area (TPSA) is 27.9 Å². The SMILES string of the molecule is c1ccc(-c2ccc3c(c2)c2ccccc2n3-c2ccc3oc4ccc(-n5c6ccccc6c6cc(-c7cccc(-n8c9ccccc9c9ccccc98)c7)ccc65)cc4c3c2)cc1. The van der Waals surface area contributed by atoms with Gasteiger partial charge >= 0.3 is 0 Å². The highest BCUT2D eigenvalue weighted by atomic mass is 16.3. The molecule has 0 atom stereocenters. The van der Waals surface area contributed by atoms with Crippen molar-refractivity contribution in [2.45, 2.75) is 0 Å². The van der Waals surface area contributed by atoms with E-state index < -0.39 is 0 Å². The van der Waals surface area contributed by atoms with Crippen LogP contribution >= 0.6 is 0 Å². The molecule has 10 aromatic carbocycles. The average molecular weight is 816 g/mol. The minimum Gasteiger partial charge on any atom is -0.456 e. The van der Waals surface area contributed by atoms with E-state index in [4.69, 9.17) is 4.42 Å². The molecule has 0 N–H and O–H groups in total. The number of benzene rings is 10. The summed E-state index contributed by atoms with van der Waals surface area (Å²) in [6.45, 7) is 0. The van der Waals surface area contributed by atoms with Gasteiger partial charge in [-0.3, -0.25) is 0 Å². The van der Waals surface area contributed by atoms with E-state index in [0.717, 1.165) is 44.5 Å². The summed E-state index contributed by atoms with van der Waals surface area (Å²) in [4.78, 5) is 0. The molecule has 64 heavy (non-hydrogen) atoms. The van der Waals surface area contributed by atoms with Gasteiger partial charge in [-0.1, -0.05) is 127 Å². The second-order valence-corrected chi connectivity index (χ2v) is 16.9. The maximum Gasteiger partial charge on any atom is 0.135 e. The molecule has 4 nitrogen and oxygen atoms in total. The third kappa shape index (κ3) is 5.11. The van der Waals surface area contributed by atoms with Gasteiger partial charge in [0.2, 0.25) is 0 Å². The van der Waals surface area contributed by atoms with Crippen molar-refractivity contribution in [1.29, 1.82) is 0 Å². The number of rotatable bonds is 5. The van der Waals surface area contributed by atoms with Crippen LogP contribution in [-0.4, -0.2) is 13.7 Å². The number of nitrogens with zero attached hydrogens (tertiary/aromatic N) is 3. The molecule has 0 fully saturated rings. The Bertz CT molecular complexity index is 4140. The van der Waals surface area contributed by atoms with Crippen molar-refractivity contribution in [3.8, 4) is 39.3 Å². The summed E-state index contributed by atoms with van der Waals surface area (Å²) >= 11 is 0. The van der Waals surface area contributed by atoms with Crippen molar-refractivity contribution in [3.05, 3.63) is 224 Å². The van der Waals surface area contributed by atoms with Crippen LogP contribution in [0.3, 0.4) is 0 Å². The molecule has 4 aromatic heterocycles. The van der Waals surface area contributed by atoms with Gasteiger partial charge in [0, 0.05) is 60.2 Å². The molecule has 0 spiro atoms. The monoisotopic (exact) mass is 815 g/mol. The van der Waals surface area contributed by atoms with Gasteiger partial charge in [-0.2, -0.15) is 0 Å². The Kier molecular flexibility index (Phi) is 7.36. The molecule has 0 bridgehead atoms. The molecule has 0 unspecified atom stereocenters. The van der Waals surface area contributed by atoms with Crippen molar-refractivity contribution in [2.24, 2.45) is 0 Å². The Morgan fingerprint density at radius 1 is 0.219 bits per heavy atom. The lowest BCUT2D eigenvalue weighted by atomic mass is 10.0. The van der Waals surface area contributed by atoms with Crippen LogP contribution in [0.4, 0.5) is 0 Å². The molecule has 14 aromatic rings. The maximum atomic E-state index is 6.54. The van der Waals surface area contributed by atoms with Crippen LogP contribution in [0, 0.1) is 0 Å². The van der Waals surface area contributed by atoms with Crippen molar-refractivity contribution < 1.29 is 4.42 Å². The summed E-state index contributed by atoms with van der Waals surface area (Å²) in [6, 6.07) is 81.5. The van der Waals surface area contributed by atoms with Gasteiger partial charge < -0.3 is 18.1 Å². The Morgan fingerprint density at radius 2 is 0.594 bits per heavy atom. The van der Waals surface area contributed by atoms with E-state index in [9.17, 15) is 0 Å². The van der Waals surface area contributed by atoms with E-state index in [1.807, 2.05) is 0 Å². The molecule has 0 aliphatic rings. The zero-order chi connectivity index (χ0) is 41.9. The van der Waals surface area contributed by atoms with Crippen molar-refractivity contribution in [3.63, 3.8) is 0 Å². The fraction of sp³-hybridized carbons (Fsp3) is 0. The molecule has 0 saturated carbocycles. The number of hydrogen-bond donors (Lipinski definition) is 0. The first-order valence-corrected chi connectivity index (χ1v) is 21.9. The molecule has 4 heterocycles. The second kappa shape index (κ2) is 13.4. The van der Waals surface area contributed by atoms with E-state index in [1.165, 1.54) is 82.2 Å². The minimum atomic E-state index is 0.872. The third-order valence-corrected chi connectivity index (χ3v) is 13.4. The van der Waals surface area contributed by atoms with E-state index in [2.05, 4.69) is 238 Å². The van der Waals surface area contributed by atoms with E-state index in [-0.39, 0.29) is 0 Å². The standard InChI is InChI=1S/C60H37N3O/c1-2-13-38(14-3-1)40-25-29-57-49(34-40)47-19-6-10-23-55(47)62(57)43-27-31-59-51(36-43)52-37-44(28-32-60(52)64-59)63-56-24-11-7-20-48(56)50-35-41(26-30-58(50)63)39-15-12-16-42(33-39)61-53-21-8-4-17-45(53)46-18-5-9-22-54(46)61/h1-37H. The van der Waals surface area contributed by atoms with E-state index >= 15 is 0 Å². The predicted octanol–water partition coefficient (Wildman–Crippen LogP) is 16.2. The zero-order valence-corrected chi connectivity index (χ0v) is 34.6. The largest absolute Gasteiger partial charge is 0.456 e. The fourth-order valence-corrected chi connectivity index (χ4v) is 10.5. The lowest BCUT2D eigenvalue weighted by Gasteiger charge is -2.11. The lowest BCUT2D eigenvalue weighted by molar-refractivity contribution is 0.669. The normalized spacial score (nSPS) is 12.1. The number of para-hydroxylation sites is 4. The highest BCUT2D eigenvalue weighted by molar-refractivity contribution is 6.14. The Labute approximate surface area is 367 Å². The number of hydrogen-bond acceptors (Lipinski definition) is 1. The molecular weight excluding hydrogens is 779 g/mol. The van der Waals surface area contributed by atoms with E-state index in [1.54, 1.807) is 0 Å². The number of fused-ring (bicyclic) bond motifs is 12. The minimum absolute atomic E-state index is 0.872. The summed E-state index contributed by atoms with van der Waals surface area (Å²) in [7, 11) is 0. The molecule has 0 radical (unpaired) electrons. The van der Waals surface area contributed by atoms with E-state index in [0.29, 0.717) is 0 Å². The molecule has 0 aliphatic heterocycles. The summed E-state index contributed by atoms with van der Waals surface area (Å²) in [6.07, 6.45) is 0. The molecular formula is C60H37N3O.